The first-order chi connectivity index (χ1) is 14.0. The van der Waals surface area contributed by atoms with Crippen molar-refractivity contribution in [3.8, 4) is 0 Å². The second-order valence-electron chi connectivity index (χ2n) is 8.18. The first kappa shape index (κ1) is 26.3. The Labute approximate surface area is 175 Å². The van der Waals surface area contributed by atoms with Crippen LogP contribution in [-0.4, -0.2) is 63.7 Å². The summed E-state index contributed by atoms with van der Waals surface area (Å²) in [6.45, 7) is 1.69. The Morgan fingerprint density at radius 1 is 0.793 bits per heavy atom. The van der Waals surface area contributed by atoms with Crippen molar-refractivity contribution in [2.24, 2.45) is 0 Å². The molecule has 0 aromatic heterocycles. The van der Waals surface area contributed by atoms with Crippen molar-refractivity contribution >= 4 is 5.97 Å². The van der Waals surface area contributed by atoms with Gasteiger partial charge in [-0.2, -0.15) is 0 Å². The van der Waals surface area contributed by atoms with Crippen LogP contribution in [0.15, 0.2) is 0 Å². The highest BCUT2D eigenvalue weighted by molar-refractivity contribution is 5.69. The summed E-state index contributed by atoms with van der Waals surface area (Å²) < 4.78 is 10.0. The maximum absolute atomic E-state index is 12.0. The van der Waals surface area contributed by atoms with Gasteiger partial charge in [-0.15, -0.1) is 0 Å². The second kappa shape index (κ2) is 16.0. The highest BCUT2D eigenvalue weighted by atomic mass is 16.7. The molecule has 1 fully saturated rings. The van der Waals surface area contributed by atoms with Gasteiger partial charge in [-0.3, -0.25) is 4.79 Å². The normalized spacial score (nSPS) is 27.1. The number of carbonyl (C=O) groups excluding carboxylic acids is 1. The molecule has 1 aliphatic heterocycles. The molecule has 0 aliphatic carbocycles. The third-order valence-corrected chi connectivity index (χ3v) is 5.59. The molecule has 1 unspecified atom stereocenters. The Balaban J connectivity index is 2.02. The van der Waals surface area contributed by atoms with Crippen molar-refractivity contribution in [1.29, 1.82) is 0 Å². The Morgan fingerprint density at radius 2 is 1.28 bits per heavy atom. The van der Waals surface area contributed by atoms with Crippen LogP contribution in [0, 0.1) is 0 Å². The Kier molecular flexibility index (Phi) is 14.5. The van der Waals surface area contributed by atoms with Gasteiger partial charge in [0, 0.05) is 6.42 Å². The highest BCUT2D eigenvalue weighted by Gasteiger charge is 2.45. The average Bonchev–Trinajstić information content (AvgIpc) is 2.71. The Bertz CT molecular complexity index is 418. The largest absolute Gasteiger partial charge is 0.456 e. The van der Waals surface area contributed by atoms with Crippen LogP contribution in [-0.2, 0) is 14.3 Å². The fourth-order valence-corrected chi connectivity index (χ4v) is 3.70. The maximum Gasteiger partial charge on any atom is 0.306 e. The van der Waals surface area contributed by atoms with Crippen LogP contribution in [0.5, 0.6) is 0 Å². The molecule has 1 aliphatic rings. The van der Waals surface area contributed by atoms with E-state index in [-0.39, 0.29) is 6.42 Å². The van der Waals surface area contributed by atoms with Gasteiger partial charge >= 0.3 is 5.97 Å². The number of carbonyl (C=O) groups is 1. The zero-order valence-electron chi connectivity index (χ0n) is 18.0. The van der Waals surface area contributed by atoms with Crippen molar-refractivity contribution in [3.63, 3.8) is 0 Å². The van der Waals surface area contributed by atoms with Gasteiger partial charge in [0.1, 0.15) is 18.3 Å². The summed E-state index contributed by atoms with van der Waals surface area (Å²) >= 11 is 0. The fourth-order valence-electron chi connectivity index (χ4n) is 3.70. The molecular weight excluding hydrogens is 376 g/mol. The van der Waals surface area contributed by atoms with E-state index in [4.69, 9.17) is 14.6 Å². The minimum absolute atomic E-state index is 0.203. The van der Waals surface area contributed by atoms with E-state index in [0.29, 0.717) is 6.42 Å². The molecule has 0 aromatic carbocycles. The van der Waals surface area contributed by atoms with Gasteiger partial charge in [0.2, 0.25) is 0 Å². The van der Waals surface area contributed by atoms with E-state index in [0.717, 1.165) is 12.8 Å². The Hall–Kier alpha value is -0.730. The van der Waals surface area contributed by atoms with E-state index in [2.05, 4.69) is 6.92 Å². The van der Waals surface area contributed by atoms with Crippen LogP contribution in [0.3, 0.4) is 0 Å². The van der Waals surface area contributed by atoms with Gasteiger partial charge in [-0.25, -0.2) is 0 Å². The van der Waals surface area contributed by atoms with E-state index in [1.807, 2.05) is 0 Å². The molecule has 29 heavy (non-hydrogen) atoms. The van der Waals surface area contributed by atoms with Gasteiger partial charge in [0.05, 0.1) is 6.61 Å². The van der Waals surface area contributed by atoms with Crippen molar-refractivity contribution in [2.45, 2.75) is 128 Å². The van der Waals surface area contributed by atoms with Gasteiger partial charge in [0.15, 0.2) is 12.4 Å². The van der Waals surface area contributed by atoms with Crippen LogP contribution in [0.25, 0.3) is 0 Å². The van der Waals surface area contributed by atoms with E-state index in [1.165, 1.54) is 64.2 Å². The monoisotopic (exact) mass is 418 g/mol. The lowest BCUT2D eigenvalue weighted by Crippen LogP contribution is -2.59. The topological polar surface area (TPSA) is 116 Å². The fraction of sp³-hybridized carbons (Fsp3) is 0.955. The van der Waals surface area contributed by atoms with Crippen LogP contribution >= 0.6 is 0 Å². The number of hydrogen-bond acceptors (Lipinski definition) is 7. The predicted octanol–water partition coefficient (Wildman–Crippen LogP) is 2.81. The third kappa shape index (κ3) is 10.7. The van der Waals surface area contributed by atoms with Crippen LogP contribution in [0.1, 0.15) is 96.8 Å². The minimum Gasteiger partial charge on any atom is -0.456 e. The minimum atomic E-state index is -1.61. The maximum atomic E-state index is 12.0. The van der Waals surface area contributed by atoms with Crippen molar-refractivity contribution in [1.82, 2.24) is 0 Å². The molecule has 172 valence electrons. The number of aliphatic hydroxyl groups excluding tert-OH is 4. The van der Waals surface area contributed by atoms with Crippen molar-refractivity contribution in [2.75, 3.05) is 6.61 Å². The molecule has 4 N–H and O–H groups in total. The summed E-state index contributed by atoms with van der Waals surface area (Å²) in [6.07, 6.45) is 9.08. The third-order valence-electron chi connectivity index (χ3n) is 5.59. The standard InChI is InChI=1S/C22H42O7/c1-2-3-4-5-6-7-8-9-10-11-12-13-14-15-18(24)29-21-19(25)17(16-23)28-22(27)20(21)26/h17,19-23,25-27H,2-16H2,1H3/t17-,19-,20-,21+,22?/m1/s1. The number of ether oxygens (including phenoxy) is 2. The van der Waals surface area contributed by atoms with E-state index < -0.39 is 43.3 Å². The summed E-state index contributed by atoms with van der Waals surface area (Å²) in [5, 5.41) is 38.6. The molecule has 0 bridgehead atoms. The molecule has 1 rings (SSSR count). The average molecular weight is 419 g/mol. The zero-order valence-corrected chi connectivity index (χ0v) is 18.0. The molecule has 0 amide bonds. The molecule has 1 heterocycles. The molecule has 0 radical (unpaired) electrons. The summed E-state index contributed by atoms with van der Waals surface area (Å²) in [5.74, 6) is -0.526. The van der Waals surface area contributed by atoms with E-state index in [1.54, 1.807) is 0 Å². The number of rotatable bonds is 16. The predicted molar refractivity (Wildman–Crippen MR) is 110 cm³/mol. The number of hydrogen-bond donors (Lipinski definition) is 4. The summed E-state index contributed by atoms with van der Waals surface area (Å²) in [5.41, 5.74) is 0. The quantitative estimate of drug-likeness (QED) is 0.225. The molecule has 0 spiro atoms. The smallest absolute Gasteiger partial charge is 0.306 e. The van der Waals surface area contributed by atoms with Gasteiger partial charge in [-0.1, -0.05) is 84.0 Å². The molecule has 7 heteroatoms. The van der Waals surface area contributed by atoms with Gasteiger partial charge in [-0.05, 0) is 6.42 Å². The first-order valence-electron chi connectivity index (χ1n) is 11.5. The number of aliphatic hydroxyl groups is 4. The van der Waals surface area contributed by atoms with Crippen molar-refractivity contribution in [3.05, 3.63) is 0 Å². The molecular formula is C22H42O7. The lowest BCUT2D eigenvalue weighted by molar-refractivity contribution is -0.289. The molecule has 7 nitrogen and oxygen atoms in total. The highest BCUT2D eigenvalue weighted by Crippen LogP contribution is 2.23. The van der Waals surface area contributed by atoms with Crippen LogP contribution in [0.4, 0.5) is 0 Å². The molecule has 0 saturated carbocycles. The van der Waals surface area contributed by atoms with Gasteiger partial charge in [0.25, 0.3) is 0 Å². The van der Waals surface area contributed by atoms with Crippen LogP contribution in [0.2, 0.25) is 0 Å². The molecule has 5 atom stereocenters. The second-order valence-corrected chi connectivity index (χ2v) is 8.18. The summed E-state index contributed by atoms with van der Waals surface area (Å²) in [4.78, 5) is 12.0. The summed E-state index contributed by atoms with van der Waals surface area (Å²) in [6, 6.07) is 0. The summed E-state index contributed by atoms with van der Waals surface area (Å²) in [7, 11) is 0. The lowest BCUT2D eigenvalue weighted by atomic mass is 9.99. The lowest BCUT2D eigenvalue weighted by Gasteiger charge is -2.39. The number of unbranched alkanes of at least 4 members (excludes halogenated alkanes) is 12. The molecule has 1 saturated heterocycles. The number of esters is 1. The first-order valence-corrected chi connectivity index (χ1v) is 11.5. The zero-order chi connectivity index (χ0) is 21.5. The van der Waals surface area contributed by atoms with Gasteiger partial charge < -0.3 is 29.9 Å². The van der Waals surface area contributed by atoms with E-state index >= 15 is 0 Å². The van der Waals surface area contributed by atoms with E-state index in [9.17, 15) is 20.1 Å². The Morgan fingerprint density at radius 3 is 1.76 bits per heavy atom. The van der Waals surface area contributed by atoms with Crippen LogP contribution < -0.4 is 0 Å². The molecule has 0 aromatic rings. The SMILES string of the molecule is CCCCCCCCCCCCCCCC(=O)O[C@H]1[C@H](O)[C@@H](CO)OC(O)[C@@H]1O. The van der Waals surface area contributed by atoms with Crippen molar-refractivity contribution < 1.29 is 34.7 Å².